The van der Waals surface area contributed by atoms with E-state index in [0.717, 1.165) is 18.9 Å². The molecule has 2 aliphatic heterocycles. The molecular weight excluding hydrogens is 390 g/mol. The summed E-state index contributed by atoms with van der Waals surface area (Å²) < 4.78 is 10.7. The SMILES string of the molecule is O=C(Nc1ccc(N2CCOCC2)nc1)c1cc([N+](=O)[O-])ccc1N1CCOCC1. The van der Waals surface area contributed by atoms with Crippen LogP contribution in [0.1, 0.15) is 10.4 Å². The lowest BCUT2D eigenvalue weighted by Crippen LogP contribution is -2.37. The summed E-state index contributed by atoms with van der Waals surface area (Å²) in [5.74, 6) is 0.404. The predicted octanol–water partition coefficient (Wildman–Crippen LogP) is 1.92. The van der Waals surface area contributed by atoms with Gasteiger partial charge in [0.2, 0.25) is 0 Å². The quantitative estimate of drug-likeness (QED) is 0.585. The molecular formula is C20H23N5O5. The smallest absolute Gasteiger partial charge is 0.270 e. The fourth-order valence-corrected chi connectivity index (χ4v) is 3.54. The Morgan fingerprint density at radius 3 is 2.27 bits per heavy atom. The number of aromatic nitrogens is 1. The van der Waals surface area contributed by atoms with Crippen LogP contribution in [0.3, 0.4) is 0 Å². The van der Waals surface area contributed by atoms with Gasteiger partial charge in [-0.3, -0.25) is 14.9 Å². The number of nitro benzene ring substituents is 1. The molecule has 3 heterocycles. The van der Waals surface area contributed by atoms with Crippen molar-refractivity contribution in [2.24, 2.45) is 0 Å². The van der Waals surface area contributed by atoms with Crippen molar-refractivity contribution in [2.75, 3.05) is 67.7 Å². The van der Waals surface area contributed by atoms with Gasteiger partial charge in [-0.05, 0) is 18.2 Å². The summed E-state index contributed by atoms with van der Waals surface area (Å²) >= 11 is 0. The van der Waals surface area contributed by atoms with Crippen molar-refractivity contribution in [3.63, 3.8) is 0 Å². The van der Waals surface area contributed by atoms with E-state index in [1.54, 1.807) is 18.3 Å². The van der Waals surface area contributed by atoms with Crippen LogP contribution in [0.5, 0.6) is 0 Å². The highest BCUT2D eigenvalue weighted by atomic mass is 16.6. The van der Waals surface area contributed by atoms with Crippen molar-refractivity contribution in [1.82, 2.24) is 4.98 Å². The number of hydrogen-bond donors (Lipinski definition) is 1. The van der Waals surface area contributed by atoms with E-state index in [0.29, 0.717) is 50.9 Å². The summed E-state index contributed by atoms with van der Waals surface area (Å²) in [5.41, 5.74) is 1.30. The van der Waals surface area contributed by atoms with Crippen LogP contribution in [0.25, 0.3) is 0 Å². The van der Waals surface area contributed by atoms with E-state index in [2.05, 4.69) is 15.2 Å². The van der Waals surface area contributed by atoms with Crippen LogP contribution >= 0.6 is 0 Å². The minimum absolute atomic E-state index is 0.127. The summed E-state index contributed by atoms with van der Waals surface area (Å²) in [6.07, 6.45) is 1.59. The molecule has 1 aromatic heterocycles. The number of pyridine rings is 1. The Bertz CT molecular complexity index is 908. The molecule has 1 aromatic carbocycles. The first kappa shape index (κ1) is 20.0. The molecule has 0 atom stereocenters. The van der Waals surface area contributed by atoms with Gasteiger partial charge in [0.1, 0.15) is 5.82 Å². The molecule has 158 valence electrons. The zero-order valence-electron chi connectivity index (χ0n) is 16.5. The van der Waals surface area contributed by atoms with Crippen molar-refractivity contribution < 1.29 is 19.2 Å². The molecule has 1 amide bonds. The van der Waals surface area contributed by atoms with Crippen molar-refractivity contribution >= 4 is 28.8 Å². The van der Waals surface area contributed by atoms with Gasteiger partial charge < -0.3 is 24.6 Å². The Morgan fingerprint density at radius 2 is 1.67 bits per heavy atom. The number of morpholine rings is 2. The number of non-ortho nitro benzene ring substituents is 1. The molecule has 2 aromatic rings. The lowest BCUT2D eigenvalue weighted by atomic mass is 10.1. The summed E-state index contributed by atoms with van der Waals surface area (Å²) in [4.78, 5) is 32.3. The molecule has 2 fully saturated rings. The van der Waals surface area contributed by atoms with Crippen molar-refractivity contribution in [2.45, 2.75) is 0 Å². The molecule has 10 heteroatoms. The van der Waals surface area contributed by atoms with Crippen molar-refractivity contribution in [3.8, 4) is 0 Å². The second-order valence-corrected chi connectivity index (χ2v) is 7.02. The Labute approximate surface area is 173 Å². The van der Waals surface area contributed by atoms with Gasteiger partial charge in [-0.15, -0.1) is 0 Å². The number of ether oxygens (including phenoxy) is 2. The highest BCUT2D eigenvalue weighted by molar-refractivity contribution is 6.08. The van der Waals surface area contributed by atoms with Crippen LogP contribution in [0.15, 0.2) is 36.5 Å². The zero-order chi connectivity index (χ0) is 20.9. The Balaban J connectivity index is 1.54. The van der Waals surface area contributed by atoms with Gasteiger partial charge in [0.05, 0.1) is 54.5 Å². The van der Waals surface area contributed by atoms with Crippen LogP contribution in [0.2, 0.25) is 0 Å². The molecule has 1 N–H and O–H groups in total. The normalized spacial score (nSPS) is 16.9. The minimum atomic E-state index is -0.501. The second kappa shape index (κ2) is 9.06. The van der Waals surface area contributed by atoms with E-state index < -0.39 is 10.8 Å². The number of nitro groups is 1. The van der Waals surface area contributed by atoms with E-state index in [9.17, 15) is 14.9 Å². The third-order valence-corrected chi connectivity index (χ3v) is 5.13. The number of rotatable bonds is 5. The number of hydrogen-bond acceptors (Lipinski definition) is 8. The second-order valence-electron chi connectivity index (χ2n) is 7.02. The number of benzene rings is 1. The van der Waals surface area contributed by atoms with Crippen LogP contribution in [0, 0.1) is 10.1 Å². The van der Waals surface area contributed by atoms with Gasteiger partial charge in [0.15, 0.2) is 0 Å². The molecule has 0 radical (unpaired) electrons. The van der Waals surface area contributed by atoms with Crippen LogP contribution < -0.4 is 15.1 Å². The Hall–Kier alpha value is -3.24. The summed E-state index contributed by atoms with van der Waals surface area (Å²) in [5, 5.41) is 14.0. The first-order valence-corrected chi connectivity index (χ1v) is 9.83. The predicted molar refractivity (Wildman–Crippen MR) is 111 cm³/mol. The molecule has 0 aliphatic carbocycles. The van der Waals surface area contributed by atoms with E-state index in [4.69, 9.17) is 9.47 Å². The van der Waals surface area contributed by atoms with Crippen molar-refractivity contribution in [3.05, 3.63) is 52.2 Å². The molecule has 2 saturated heterocycles. The summed E-state index contributed by atoms with van der Waals surface area (Å²) in [6.45, 7) is 5.21. The Kier molecular flexibility index (Phi) is 6.05. The molecule has 0 unspecified atom stereocenters. The van der Waals surface area contributed by atoms with E-state index >= 15 is 0 Å². The van der Waals surface area contributed by atoms with Crippen LogP contribution in [-0.2, 0) is 9.47 Å². The first-order chi connectivity index (χ1) is 14.6. The molecule has 10 nitrogen and oxygen atoms in total. The maximum absolute atomic E-state index is 13.0. The first-order valence-electron chi connectivity index (χ1n) is 9.83. The molecule has 30 heavy (non-hydrogen) atoms. The zero-order valence-corrected chi connectivity index (χ0v) is 16.5. The van der Waals surface area contributed by atoms with E-state index in [1.807, 2.05) is 11.0 Å². The van der Waals surface area contributed by atoms with Crippen molar-refractivity contribution in [1.29, 1.82) is 0 Å². The number of amides is 1. The topological polar surface area (TPSA) is 110 Å². The standard InChI is InChI=1S/C20H23N5O5/c26-20(22-15-1-4-19(21-14-15)24-7-11-30-12-8-24)17-13-16(25(27)28)2-3-18(17)23-5-9-29-10-6-23/h1-4,13-14H,5-12H2,(H,22,26). The van der Waals surface area contributed by atoms with E-state index in [-0.39, 0.29) is 11.3 Å². The average molecular weight is 413 g/mol. The maximum Gasteiger partial charge on any atom is 0.270 e. The van der Waals surface area contributed by atoms with E-state index in [1.165, 1.54) is 12.1 Å². The highest BCUT2D eigenvalue weighted by Gasteiger charge is 2.22. The van der Waals surface area contributed by atoms with Gasteiger partial charge in [-0.1, -0.05) is 0 Å². The monoisotopic (exact) mass is 413 g/mol. The number of carbonyl (C=O) groups excluding carboxylic acids is 1. The molecule has 0 bridgehead atoms. The van der Waals surface area contributed by atoms with Gasteiger partial charge in [-0.25, -0.2) is 4.98 Å². The molecule has 0 saturated carbocycles. The molecule has 2 aliphatic rings. The van der Waals surface area contributed by atoms with Gasteiger partial charge >= 0.3 is 0 Å². The minimum Gasteiger partial charge on any atom is -0.378 e. The number of nitrogens with zero attached hydrogens (tertiary/aromatic N) is 4. The average Bonchev–Trinajstić information content (AvgIpc) is 2.80. The number of nitrogens with one attached hydrogen (secondary N) is 1. The number of anilines is 3. The fourth-order valence-electron chi connectivity index (χ4n) is 3.54. The van der Waals surface area contributed by atoms with Crippen LogP contribution in [0.4, 0.5) is 22.9 Å². The molecule has 4 rings (SSSR count). The maximum atomic E-state index is 13.0. The third-order valence-electron chi connectivity index (χ3n) is 5.13. The highest BCUT2D eigenvalue weighted by Crippen LogP contribution is 2.27. The van der Waals surface area contributed by atoms with Gasteiger partial charge in [0.25, 0.3) is 11.6 Å². The largest absolute Gasteiger partial charge is 0.378 e. The fraction of sp³-hybridized carbons (Fsp3) is 0.400. The lowest BCUT2D eigenvalue weighted by molar-refractivity contribution is -0.384. The third kappa shape index (κ3) is 4.50. The molecule has 0 spiro atoms. The summed E-state index contributed by atoms with van der Waals surface area (Å²) in [7, 11) is 0. The summed E-state index contributed by atoms with van der Waals surface area (Å²) in [6, 6.07) is 7.98. The lowest BCUT2D eigenvalue weighted by Gasteiger charge is -2.30. The van der Waals surface area contributed by atoms with Gasteiger partial charge in [-0.2, -0.15) is 0 Å². The Morgan fingerprint density at radius 1 is 1.00 bits per heavy atom. The number of carbonyl (C=O) groups is 1. The van der Waals surface area contributed by atoms with Gasteiger partial charge in [0, 0.05) is 38.3 Å². The van der Waals surface area contributed by atoms with Crippen LogP contribution in [-0.4, -0.2) is 68.4 Å².